The number of fused-ring (bicyclic) bond motifs is 1. The average molecular weight is 176 g/mol. The van der Waals surface area contributed by atoms with Crippen LogP contribution < -0.4 is 0 Å². The lowest BCUT2D eigenvalue weighted by molar-refractivity contribution is 0.0699. The van der Waals surface area contributed by atoms with Crippen LogP contribution in [0.4, 0.5) is 0 Å². The van der Waals surface area contributed by atoms with Crippen molar-refractivity contribution in [2.75, 3.05) is 0 Å². The molecule has 2 heterocycles. The van der Waals surface area contributed by atoms with E-state index in [1.807, 2.05) is 13.0 Å². The molecule has 0 aliphatic rings. The van der Waals surface area contributed by atoms with Crippen LogP contribution >= 0.6 is 0 Å². The Bertz CT molecular complexity index is 473. The highest BCUT2D eigenvalue weighted by Gasteiger charge is 2.10. The third-order valence-electron chi connectivity index (χ3n) is 1.88. The molecule has 4 heteroatoms. The van der Waals surface area contributed by atoms with Crippen molar-refractivity contribution >= 4 is 11.6 Å². The Morgan fingerprint density at radius 2 is 2.15 bits per heavy atom. The molecule has 13 heavy (non-hydrogen) atoms. The van der Waals surface area contributed by atoms with Crippen molar-refractivity contribution in [3.8, 4) is 0 Å². The molecule has 0 aliphatic heterocycles. The number of nitrogens with zero attached hydrogens (tertiary/aromatic N) is 2. The lowest BCUT2D eigenvalue weighted by Crippen LogP contribution is -1.97. The summed E-state index contributed by atoms with van der Waals surface area (Å²) in [4.78, 5) is 14.9. The molecule has 66 valence electrons. The minimum atomic E-state index is -0.944. The summed E-state index contributed by atoms with van der Waals surface area (Å²) in [5.41, 5.74) is 1.55. The lowest BCUT2D eigenvalue weighted by Gasteiger charge is -1.96. The SMILES string of the molecule is Cc1ccn2ccc(C(=O)O)c2n1. The van der Waals surface area contributed by atoms with E-state index in [4.69, 9.17) is 5.11 Å². The minimum absolute atomic E-state index is 0.240. The van der Waals surface area contributed by atoms with Crippen LogP contribution in [0.25, 0.3) is 5.65 Å². The molecule has 2 aromatic heterocycles. The molecule has 0 saturated carbocycles. The Morgan fingerprint density at radius 3 is 2.85 bits per heavy atom. The first-order valence-corrected chi connectivity index (χ1v) is 3.86. The number of aryl methyl sites for hydroxylation is 1. The monoisotopic (exact) mass is 176 g/mol. The highest BCUT2D eigenvalue weighted by molar-refractivity contribution is 5.94. The highest BCUT2D eigenvalue weighted by atomic mass is 16.4. The average Bonchev–Trinajstić information content (AvgIpc) is 2.46. The van der Waals surface area contributed by atoms with E-state index in [1.54, 1.807) is 22.9 Å². The van der Waals surface area contributed by atoms with Crippen LogP contribution in [0.15, 0.2) is 24.5 Å². The Morgan fingerprint density at radius 1 is 1.46 bits per heavy atom. The topological polar surface area (TPSA) is 54.6 Å². The molecule has 0 spiro atoms. The number of aromatic carboxylic acids is 1. The largest absolute Gasteiger partial charge is 0.478 e. The number of hydrogen-bond acceptors (Lipinski definition) is 2. The molecule has 0 aromatic carbocycles. The van der Waals surface area contributed by atoms with E-state index in [0.717, 1.165) is 5.69 Å². The molecule has 0 fully saturated rings. The second-order valence-corrected chi connectivity index (χ2v) is 2.83. The fraction of sp³-hybridized carbons (Fsp3) is 0.111. The summed E-state index contributed by atoms with van der Waals surface area (Å²) >= 11 is 0. The number of carbonyl (C=O) groups is 1. The number of carboxylic acid groups (broad SMARTS) is 1. The molecule has 0 atom stereocenters. The van der Waals surface area contributed by atoms with Crippen molar-refractivity contribution in [3.05, 3.63) is 35.8 Å². The van der Waals surface area contributed by atoms with Crippen molar-refractivity contribution in [1.29, 1.82) is 0 Å². The first-order chi connectivity index (χ1) is 6.18. The zero-order chi connectivity index (χ0) is 9.42. The van der Waals surface area contributed by atoms with Crippen LogP contribution in [0.1, 0.15) is 16.1 Å². The quantitative estimate of drug-likeness (QED) is 0.713. The van der Waals surface area contributed by atoms with E-state index in [1.165, 1.54) is 0 Å². The van der Waals surface area contributed by atoms with Gasteiger partial charge in [-0.15, -0.1) is 0 Å². The molecule has 2 rings (SSSR count). The number of aromatic nitrogens is 2. The fourth-order valence-corrected chi connectivity index (χ4v) is 1.24. The third-order valence-corrected chi connectivity index (χ3v) is 1.88. The maximum Gasteiger partial charge on any atom is 0.339 e. The van der Waals surface area contributed by atoms with Gasteiger partial charge in [-0.3, -0.25) is 0 Å². The summed E-state index contributed by atoms with van der Waals surface area (Å²) < 4.78 is 1.69. The Kier molecular flexibility index (Phi) is 1.55. The molecule has 0 amide bonds. The zero-order valence-electron chi connectivity index (χ0n) is 7.06. The van der Waals surface area contributed by atoms with Crippen LogP contribution in [0.5, 0.6) is 0 Å². The maximum absolute atomic E-state index is 10.7. The fourth-order valence-electron chi connectivity index (χ4n) is 1.24. The molecule has 1 N–H and O–H groups in total. The Hall–Kier alpha value is -1.84. The zero-order valence-corrected chi connectivity index (χ0v) is 7.06. The molecular formula is C9H8N2O2. The van der Waals surface area contributed by atoms with Gasteiger partial charge in [0.15, 0.2) is 5.65 Å². The summed E-state index contributed by atoms with van der Waals surface area (Å²) in [5.74, 6) is -0.944. The van der Waals surface area contributed by atoms with Crippen molar-refractivity contribution in [1.82, 2.24) is 9.38 Å². The van der Waals surface area contributed by atoms with Gasteiger partial charge in [0.25, 0.3) is 0 Å². The van der Waals surface area contributed by atoms with Crippen LogP contribution in [-0.2, 0) is 0 Å². The second-order valence-electron chi connectivity index (χ2n) is 2.83. The van der Waals surface area contributed by atoms with Crippen molar-refractivity contribution in [2.24, 2.45) is 0 Å². The minimum Gasteiger partial charge on any atom is -0.478 e. The summed E-state index contributed by atoms with van der Waals surface area (Å²) in [6.45, 7) is 1.83. The van der Waals surface area contributed by atoms with Crippen LogP contribution in [0.3, 0.4) is 0 Å². The van der Waals surface area contributed by atoms with Gasteiger partial charge < -0.3 is 9.51 Å². The molecule has 4 nitrogen and oxygen atoms in total. The van der Waals surface area contributed by atoms with E-state index in [2.05, 4.69) is 4.98 Å². The normalized spacial score (nSPS) is 10.5. The van der Waals surface area contributed by atoms with Gasteiger partial charge in [0.05, 0.1) is 0 Å². The first kappa shape index (κ1) is 7.79. The summed E-state index contributed by atoms with van der Waals surface area (Å²) in [5, 5.41) is 8.81. The van der Waals surface area contributed by atoms with E-state index in [0.29, 0.717) is 5.65 Å². The van der Waals surface area contributed by atoms with Crippen molar-refractivity contribution in [3.63, 3.8) is 0 Å². The van der Waals surface area contributed by atoms with Gasteiger partial charge in [-0.2, -0.15) is 0 Å². The Labute approximate surface area is 74.5 Å². The standard InChI is InChI=1S/C9H8N2O2/c1-6-2-4-11-5-3-7(9(12)13)8(11)10-6/h2-5H,1H3,(H,12,13). The van der Waals surface area contributed by atoms with Gasteiger partial charge in [0.2, 0.25) is 0 Å². The lowest BCUT2D eigenvalue weighted by atomic mass is 10.3. The van der Waals surface area contributed by atoms with Gasteiger partial charge in [-0.25, -0.2) is 9.78 Å². The van der Waals surface area contributed by atoms with Crippen molar-refractivity contribution in [2.45, 2.75) is 6.92 Å². The van der Waals surface area contributed by atoms with Crippen LogP contribution in [0.2, 0.25) is 0 Å². The predicted molar refractivity (Wildman–Crippen MR) is 46.9 cm³/mol. The first-order valence-electron chi connectivity index (χ1n) is 3.86. The van der Waals surface area contributed by atoms with Crippen LogP contribution in [-0.4, -0.2) is 20.5 Å². The van der Waals surface area contributed by atoms with Gasteiger partial charge in [0.1, 0.15) is 5.56 Å². The van der Waals surface area contributed by atoms with Crippen LogP contribution in [0, 0.1) is 6.92 Å². The third kappa shape index (κ3) is 1.16. The number of carboxylic acids is 1. The Balaban J connectivity index is 2.79. The number of rotatable bonds is 1. The van der Waals surface area contributed by atoms with Gasteiger partial charge in [0, 0.05) is 18.1 Å². The molecule has 2 aromatic rings. The van der Waals surface area contributed by atoms with E-state index in [9.17, 15) is 4.79 Å². The van der Waals surface area contributed by atoms with E-state index < -0.39 is 5.97 Å². The summed E-state index contributed by atoms with van der Waals surface area (Å²) in [6, 6.07) is 3.38. The maximum atomic E-state index is 10.7. The molecular weight excluding hydrogens is 168 g/mol. The predicted octanol–water partition coefficient (Wildman–Crippen LogP) is 1.34. The second kappa shape index (κ2) is 2.58. The van der Waals surface area contributed by atoms with E-state index >= 15 is 0 Å². The van der Waals surface area contributed by atoms with Gasteiger partial charge in [-0.05, 0) is 19.1 Å². The summed E-state index contributed by atoms with van der Waals surface area (Å²) in [6.07, 6.45) is 3.48. The van der Waals surface area contributed by atoms with Gasteiger partial charge >= 0.3 is 5.97 Å². The van der Waals surface area contributed by atoms with Gasteiger partial charge in [-0.1, -0.05) is 0 Å². The highest BCUT2D eigenvalue weighted by Crippen LogP contribution is 2.10. The van der Waals surface area contributed by atoms with Crippen molar-refractivity contribution < 1.29 is 9.90 Å². The molecule has 0 radical (unpaired) electrons. The molecule has 0 saturated heterocycles. The molecule has 0 aliphatic carbocycles. The smallest absolute Gasteiger partial charge is 0.339 e. The number of hydrogen-bond donors (Lipinski definition) is 1. The van der Waals surface area contributed by atoms with E-state index in [-0.39, 0.29) is 5.56 Å². The molecule has 0 bridgehead atoms. The summed E-state index contributed by atoms with van der Waals surface area (Å²) in [7, 11) is 0. The molecule has 0 unspecified atom stereocenters.